The summed E-state index contributed by atoms with van der Waals surface area (Å²) in [5.74, 6) is -7.03. The number of H-pyrrole nitrogens is 1. The van der Waals surface area contributed by atoms with Crippen molar-refractivity contribution in [1.82, 2.24) is 4.98 Å². The van der Waals surface area contributed by atoms with Crippen molar-refractivity contribution in [3.63, 3.8) is 0 Å². The van der Waals surface area contributed by atoms with Crippen LogP contribution in [0.2, 0.25) is 0 Å². The molecule has 0 fully saturated rings. The number of methoxy groups -OCH3 is 1. The van der Waals surface area contributed by atoms with Gasteiger partial charge in [-0.15, -0.1) is 0 Å². The average molecular weight is 505 g/mol. The zero-order valence-electron chi connectivity index (χ0n) is 19.2. The van der Waals surface area contributed by atoms with E-state index < -0.39 is 81.0 Å². The molecule has 5 N–H and O–H groups in total. The molecule has 1 aromatic heterocycles. The van der Waals surface area contributed by atoms with Crippen LogP contribution in [0, 0.1) is 5.92 Å². The third-order valence-electron chi connectivity index (χ3n) is 7.81. The van der Waals surface area contributed by atoms with Gasteiger partial charge < -0.3 is 30.1 Å². The monoisotopic (exact) mass is 505 g/mol. The fraction of sp³-hybridized carbons (Fsp3) is 0.269. The molecule has 188 valence electrons. The first-order chi connectivity index (χ1) is 17.6. The zero-order valence-corrected chi connectivity index (χ0v) is 19.2. The van der Waals surface area contributed by atoms with Gasteiger partial charge in [-0.25, -0.2) is 0 Å². The van der Waals surface area contributed by atoms with E-state index >= 15 is 0 Å². The molecule has 0 amide bonds. The first kappa shape index (κ1) is 23.1. The Morgan fingerprint density at radius 3 is 2.49 bits per heavy atom. The molecule has 0 saturated carbocycles. The molecule has 3 atom stereocenters. The maximum Gasteiger partial charge on any atom is 0.259 e. The molecule has 4 aliphatic carbocycles. The number of carbonyl (C=O) groups is 4. The molecule has 11 nitrogen and oxygen atoms in total. The van der Waals surface area contributed by atoms with E-state index in [-0.39, 0.29) is 35.2 Å². The highest BCUT2D eigenvalue weighted by Gasteiger charge is 2.64. The number of aromatic amines is 1. The number of carbonyl (C=O) groups excluding carboxylic acids is 4. The van der Waals surface area contributed by atoms with Crippen molar-refractivity contribution in [2.45, 2.75) is 31.0 Å². The minimum absolute atomic E-state index is 0.118. The van der Waals surface area contributed by atoms with E-state index in [0.29, 0.717) is 10.9 Å². The first-order valence-corrected chi connectivity index (χ1v) is 11.4. The quantitative estimate of drug-likeness (QED) is 0.343. The Balaban J connectivity index is 1.58. The van der Waals surface area contributed by atoms with Gasteiger partial charge in [0.25, 0.3) is 5.56 Å². The molecule has 4 aliphatic rings. The number of phenolic OH excluding ortho intramolecular Hbond substituents is 1. The Bertz CT molecular complexity index is 1690. The molecule has 3 unspecified atom stereocenters. The number of aliphatic hydroxyl groups excluding tert-OH is 3. The van der Waals surface area contributed by atoms with Crippen molar-refractivity contribution < 1.29 is 44.3 Å². The summed E-state index contributed by atoms with van der Waals surface area (Å²) in [7, 11) is 1.15. The highest BCUT2D eigenvalue weighted by atomic mass is 16.5. The molecule has 6 rings (SSSR count). The Kier molecular flexibility index (Phi) is 4.58. The fourth-order valence-corrected chi connectivity index (χ4v) is 6.22. The van der Waals surface area contributed by atoms with E-state index in [1.54, 1.807) is 6.07 Å². The normalized spacial score (nSPS) is 26.7. The number of ketones is 4. The number of Topliss-reactive ketones (excluding diaryl/α,β-unsaturated/α-hetero) is 3. The standard InChI is InChI=1S/C26H19NO10/c1-37-12-6-11(29)14-15(19(12)30)21(32)17-16(20(14)31)23(34)26(24(17)35)3-2-8-4-9-5-10(7-28)27-25(36)13(9)22(33)18(8)26/h4-6,15,21,28,31-33H,2-3,7H2,1H3,(H,27,36). The number of hydrogen-bond donors (Lipinski definition) is 5. The molecule has 2 aromatic rings. The largest absolute Gasteiger partial charge is 0.507 e. The predicted molar refractivity (Wildman–Crippen MR) is 123 cm³/mol. The summed E-state index contributed by atoms with van der Waals surface area (Å²) >= 11 is 0. The Hall–Kier alpha value is -4.35. The van der Waals surface area contributed by atoms with Crippen LogP contribution in [0.3, 0.4) is 0 Å². The molecule has 1 spiro atoms. The summed E-state index contributed by atoms with van der Waals surface area (Å²) in [6.45, 7) is -0.454. The van der Waals surface area contributed by atoms with Crippen molar-refractivity contribution in [3.8, 4) is 5.75 Å². The van der Waals surface area contributed by atoms with Gasteiger partial charge in [0.2, 0.25) is 5.78 Å². The van der Waals surface area contributed by atoms with Crippen molar-refractivity contribution in [1.29, 1.82) is 0 Å². The second-order valence-electron chi connectivity index (χ2n) is 9.48. The molecular formula is C26H19NO10. The lowest BCUT2D eigenvalue weighted by atomic mass is 9.73. The third kappa shape index (κ3) is 2.59. The number of benzene rings is 1. The summed E-state index contributed by atoms with van der Waals surface area (Å²) in [5, 5.41) is 42.9. The number of aliphatic hydroxyl groups is 3. The van der Waals surface area contributed by atoms with Crippen molar-refractivity contribution in [2.24, 2.45) is 5.92 Å². The molecule has 11 heteroatoms. The number of allylic oxidation sites excluding steroid dienone is 3. The average Bonchev–Trinajstić information content (AvgIpc) is 3.35. The minimum atomic E-state index is -2.06. The number of ether oxygens (including phenoxy) is 1. The van der Waals surface area contributed by atoms with Gasteiger partial charge in [-0.3, -0.25) is 24.0 Å². The van der Waals surface area contributed by atoms with Gasteiger partial charge in [0.1, 0.15) is 16.9 Å². The maximum absolute atomic E-state index is 13.9. The van der Waals surface area contributed by atoms with E-state index in [9.17, 15) is 44.4 Å². The number of aromatic hydroxyl groups is 1. The Morgan fingerprint density at radius 1 is 1.08 bits per heavy atom. The molecule has 0 radical (unpaired) electrons. The molecule has 1 heterocycles. The van der Waals surface area contributed by atoms with E-state index in [4.69, 9.17) is 4.74 Å². The minimum Gasteiger partial charge on any atom is -0.507 e. The smallest absolute Gasteiger partial charge is 0.259 e. The van der Waals surface area contributed by atoms with Crippen molar-refractivity contribution in [3.05, 3.63) is 73.6 Å². The lowest BCUT2D eigenvalue weighted by molar-refractivity contribution is -0.129. The molecule has 1 aromatic carbocycles. The number of aromatic nitrogens is 1. The highest BCUT2D eigenvalue weighted by molar-refractivity contribution is 6.36. The van der Waals surface area contributed by atoms with Gasteiger partial charge in [0.15, 0.2) is 23.1 Å². The van der Waals surface area contributed by atoms with Crippen LogP contribution in [0.15, 0.2) is 51.2 Å². The lowest BCUT2D eigenvalue weighted by Crippen LogP contribution is -2.43. The Morgan fingerprint density at radius 2 is 1.81 bits per heavy atom. The van der Waals surface area contributed by atoms with Gasteiger partial charge >= 0.3 is 0 Å². The maximum atomic E-state index is 13.9. The number of fused-ring (bicyclic) bond motifs is 4. The second kappa shape index (κ2) is 7.34. The van der Waals surface area contributed by atoms with Crippen LogP contribution in [-0.4, -0.2) is 61.8 Å². The summed E-state index contributed by atoms with van der Waals surface area (Å²) in [6.07, 6.45) is -1.07. The van der Waals surface area contributed by atoms with Crippen LogP contribution in [0.1, 0.15) is 23.2 Å². The van der Waals surface area contributed by atoms with Gasteiger partial charge in [-0.1, -0.05) is 6.07 Å². The Labute approximate surface area is 207 Å². The summed E-state index contributed by atoms with van der Waals surface area (Å²) < 4.78 is 4.92. The van der Waals surface area contributed by atoms with Crippen LogP contribution in [-0.2, 0) is 42.4 Å². The molecular weight excluding hydrogens is 486 g/mol. The van der Waals surface area contributed by atoms with E-state index in [1.807, 2.05) is 0 Å². The second-order valence-corrected chi connectivity index (χ2v) is 9.48. The van der Waals surface area contributed by atoms with Crippen LogP contribution < -0.4 is 5.56 Å². The van der Waals surface area contributed by atoms with E-state index in [2.05, 4.69) is 4.98 Å². The van der Waals surface area contributed by atoms with E-state index in [0.717, 1.165) is 13.2 Å². The first-order valence-electron chi connectivity index (χ1n) is 11.4. The number of rotatable bonds is 2. The zero-order chi connectivity index (χ0) is 26.5. The van der Waals surface area contributed by atoms with E-state index in [1.165, 1.54) is 6.07 Å². The third-order valence-corrected chi connectivity index (χ3v) is 7.81. The molecule has 0 bridgehead atoms. The summed E-state index contributed by atoms with van der Waals surface area (Å²) in [4.78, 5) is 68.6. The van der Waals surface area contributed by atoms with Crippen molar-refractivity contribution in [2.75, 3.05) is 7.11 Å². The van der Waals surface area contributed by atoms with Gasteiger partial charge in [-0.2, -0.15) is 0 Å². The number of nitrogens with one attached hydrogen (secondary N) is 1. The summed E-state index contributed by atoms with van der Waals surface area (Å²) in [5.41, 5.74) is -3.93. The van der Waals surface area contributed by atoms with Crippen molar-refractivity contribution >= 4 is 33.9 Å². The fourth-order valence-electron chi connectivity index (χ4n) is 6.22. The van der Waals surface area contributed by atoms with Gasteiger partial charge in [-0.05, 0) is 29.9 Å². The highest BCUT2D eigenvalue weighted by Crippen LogP contribution is 2.56. The topological polar surface area (TPSA) is 191 Å². The predicted octanol–water partition coefficient (Wildman–Crippen LogP) is -0.157. The SMILES string of the molecule is COC1=CC(=O)C2=C(O)C3=C(C(=O)C4(CCc5cc6cc(CO)[nH]c(=O)c6c(O)c54)C3=O)C(O)C2C1=O. The van der Waals surface area contributed by atoms with Crippen LogP contribution in [0.5, 0.6) is 5.75 Å². The number of hydrogen-bond acceptors (Lipinski definition) is 10. The summed E-state index contributed by atoms with van der Waals surface area (Å²) in [6, 6.07) is 3.01. The van der Waals surface area contributed by atoms with Crippen LogP contribution in [0.25, 0.3) is 10.8 Å². The lowest BCUT2D eigenvalue weighted by Gasteiger charge is -2.31. The molecule has 0 saturated heterocycles. The number of pyridine rings is 1. The number of phenols is 1. The van der Waals surface area contributed by atoms with Crippen LogP contribution >= 0.6 is 0 Å². The number of aryl methyl sites for hydroxylation is 1. The van der Waals surface area contributed by atoms with Gasteiger partial charge in [0, 0.05) is 22.9 Å². The molecule has 0 aliphatic heterocycles. The van der Waals surface area contributed by atoms with Crippen LogP contribution in [0.4, 0.5) is 0 Å². The molecule has 37 heavy (non-hydrogen) atoms. The van der Waals surface area contributed by atoms with Gasteiger partial charge in [0.05, 0.1) is 42.3 Å².